The maximum Gasteiger partial charge on any atom is 0.275 e. The molecule has 4 N–H and O–H groups in total. The second-order valence-corrected chi connectivity index (χ2v) is 4.22. The molecule has 0 atom stereocenters. The van der Waals surface area contributed by atoms with Crippen molar-refractivity contribution in [2.45, 2.75) is 6.92 Å². The van der Waals surface area contributed by atoms with Gasteiger partial charge in [-0.15, -0.1) is 0 Å². The molecule has 0 aliphatic carbocycles. The number of hydrogen-bond acceptors (Lipinski definition) is 5. The van der Waals surface area contributed by atoms with E-state index in [9.17, 15) is 4.79 Å². The molecule has 6 nitrogen and oxygen atoms in total. The van der Waals surface area contributed by atoms with Crippen molar-refractivity contribution in [2.75, 3.05) is 10.7 Å². The van der Waals surface area contributed by atoms with Crippen molar-refractivity contribution in [1.29, 1.82) is 0 Å². The zero-order chi connectivity index (χ0) is 13.8. The van der Waals surface area contributed by atoms with E-state index in [1.54, 1.807) is 30.6 Å². The van der Waals surface area contributed by atoms with Gasteiger partial charge in [0.05, 0.1) is 16.9 Å². The molecular weight excluding hydrogens is 266 g/mol. The molecule has 0 aliphatic heterocycles. The van der Waals surface area contributed by atoms with E-state index in [1.807, 2.05) is 6.92 Å². The summed E-state index contributed by atoms with van der Waals surface area (Å²) in [6, 6.07) is 4.92. The molecule has 2 aromatic heterocycles. The third-order valence-electron chi connectivity index (χ3n) is 2.50. The number of nitrogens with two attached hydrogens (primary N) is 1. The van der Waals surface area contributed by atoms with E-state index in [2.05, 4.69) is 20.7 Å². The lowest BCUT2D eigenvalue weighted by atomic mass is 10.2. The number of carbonyl (C=O) groups excluding carboxylic acids is 1. The summed E-state index contributed by atoms with van der Waals surface area (Å²) in [5, 5.41) is 2.95. The zero-order valence-electron chi connectivity index (χ0n) is 10.1. The van der Waals surface area contributed by atoms with Crippen LogP contribution < -0.4 is 16.6 Å². The van der Waals surface area contributed by atoms with Gasteiger partial charge in [0.15, 0.2) is 0 Å². The number of carbonyl (C=O) groups is 1. The van der Waals surface area contributed by atoms with Gasteiger partial charge in [0.25, 0.3) is 5.91 Å². The van der Waals surface area contributed by atoms with E-state index in [0.29, 0.717) is 11.5 Å². The summed E-state index contributed by atoms with van der Waals surface area (Å²) in [6.45, 7) is 1.87. The van der Waals surface area contributed by atoms with Crippen LogP contribution in [0.25, 0.3) is 0 Å². The molecule has 0 fully saturated rings. The van der Waals surface area contributed by atoms with E-state index >= 15 is 0 Å². The number of halogens is 1. The maximum absolute atomic E-state index is 12.1. The zero-order valence-corrected chi connectivity index (χ0v) is 10.9. The van der Waals surface area contributed by atoms with E-state index in [0.717, 1.165) is 5.56 Å². The Morgan fingerprint density at radius 2 is 2.16 bits per heavy atom. The molecule has 7 heteroatoms. The Labute approximate surface area is 115 Å². The predicted molar refractivity (Wildman–Crippen MR) is 74.0 cm³/mol. The third kappa shape index (κ3) is 2.98. The largest absolute Gasteiger partial charge is 0.319 e. The van der Waals surface area contributed by atoms with E-state index in [4.69, 9.17) is 17.4 Å². The topological polar surface area (TPSA) is 92.9 Å². The number of hydrazine groups is 1. The second-order valence-electron chi connectivity index (χ2n) is 3.82. The molecule has 0 radical (unpaired) electrons. The Hall–Kier alpha value is -2.18. The van der Waals surface area contributed by atoms with E-state index in [-0.39, 0.29) is 10.7 Å². The number of nitrogen functional groups attached to an aromatic ring is 1. The highest BCUT2D eigenvalue weighted by molar-refractivity contribution is 6.34. The normalized spacial score (nSPS) is 10.1. The number of pyridine rings is 2. The van der Waals surface area contributed by atoms with Crippen LogP contribution in [0.15, 0.2) is 30.6 Å². The van der Waals surface area contributed by atoms with Crippen LogP contribution in [0.3, 0.4) is 0 Å². The molecule has 0 saturated carbocycles. The molecular formula is C12H12ClN5O. The van der Waals surface area contributed by atoms with Crippen molar-refractivity contribution >= 4 is 29.0 Å². The van der Waals surface area contributed by atoms with E-state index in [1.165, 1.54) is 0 Å². The number of nitrogens with one attached hydrogen (secondary N) is 2. The van der Waals surface area contributed by atoms with Crippen LogP contribution in [-0.2, 0) is 0 Å². The van der Waals surface area contributed by atoms with Gasteiger partial charge in [-0.2, -0.15) is 0 Å². The van der Waals surface area contributed by atoms with Crippen LogP contribution in [-0.4, -0.2) is 15.9 Å². The molecule has 0 aliphatic rings. The fourth-order valence-electron chi connectivity index (χ4n) is 1.46. The summed E-state index contributed by atoms with van der Waals surface area (Å²) in [7, 11) is 0. The Bertz CT molecular complexity index is 617. The first-order valence-corrected chi connectivity index (χ1v) is 5.84. The maximum atomic E-state index is 12.1. The quantitative estimate of drug-likeness (QED) is 0.589. The molecule has 1 amide bonds. The van der Waals surface area contributed by atoms with Gasteiger partial charge in [-0.3, -0.25) is 9.78 Å². The number of aromatic nitrogens is 2. The minimum absolute atomic E-state index is 0.0976. The highest BCUT2D eigenvalue weighted by atomic mass is 35.5. The summed E-state index contributed by atoms with van der Waals surface area (Å²) < 4.78 is 0. The molecule has 0 spiro atoms. The molecule has 19 heavy (non-hydrogen) atoms. The van der Waals surface area contributed by atoms with Crippen LogP contribution in [0.5, 0.6) is 0 Å². The van der Waals surface area contributed by atoms with Crippen LogP contribution in [0, 0.1) is 6.92 Å². The minimum Gasteiger partial charge on any atom is -0.319 e. The Balaban J connectivity index is 2.28. The monoisotopic (exact) mass is 277 g/mol. The van der Waals surface area contributed by atoms with Gasteiger partial charge in [0, 0.05) is 6.20 Å². The fraction of sp³-hybridized carbons (Fsp3) is 0.0833. The molecule has 98 valence electrons. The lowest BCUT2D eigenvalue weighted by Crippen LogP contribution is -2.17. The molecule has 2 aromatic rings. The first-order chi connectivity index (χ1) is 9.11. The van der Waals surface area contributed by atoms with Crippen molar-refractivity contribution in [3.05, 3.63) is 46.9 Å². The number of aryl methyl sites for hydroxylation is 1. The average Bonchev–Trinajstić information content (AvgIpc) is 2.42. The molecule has 0 unspecified atom stereocenters. The standard InChI is InChI=1S/C12H12ClN5O/c1-7-4-5-15-6-9(7)16-12(19)11-8(13)2-3-10(17-11)18-14/h2-6H,14H2,1H3,(H,16,19)(H,17,18). The van der Waals surface area contributed by atoms with Gasteiger partial charge in [-0.1, -0.05) is 11.6 Å². The highest BCUT2D eigenvalue weighted by Crippen LogP contribution is 2.19. The van der Waals surface area contributed by atoms with Crippen LogP contribution in [0.4, 0.5) is 11.5 Å². The third-order valence-corrected chi connectivity index (χ3v) is 2.80. The fourth-order valence-corrected chi connectivity index (χ4v) is 1.65. The van der Waals surface area contributed by atoms with Gasteiger partial charge in [0.1, 0.15) is 11.5 Å². The number of amides is 1. The van der Waals surface area contributed by atoms with Crippen molar-refractivity contribution in [3.8, 4) is 0 Å². The lowest BCUT2D eigenvalue weighted by molar-refractivity contribution is 0.102. The first-order valence-electron chi connectivity index (χ1n) is 5.47. The van der Waals surface area contributed by atoms with Crippen LogP contribution in [0.2, 0.25) is 5.02 Å². The van der Waals surface area contributed by atoms with Crippen molar-refractivity contribution in [3.63, 3.8) is 0 Å². The second kappa shape index (κ2) is 5.64. The Morgan fingerprint density at radius 1 is 1.37 bits per heavy atom. The van der Waals surface area contributed by atoms with Crippen molar-refractivity contribution in [1.82, 2.24) is 9.97 Å². The summed E-state index contributed by atoms with van der Waals surface area (Å²) in [6.07, 6.45) is 3.21. The van der Waals surface area contributed by atoms with Crippen LogP contribution in [0.1, 0.15) is 16.1 Å². The molecule has 2 rings (SSSR count). The van der Waals surface area contributed by atoms with E-state index < -0.39 is 5.91 Å². The van der Waals surface area contributed by atoms with Gasteiger partial charge >= 0.3 is 0 Å². The summed E-state index contributed by atoms with van der Waals surface area (Å²) in [5.74, 6) is 5.19. The smallest absolute Gasteiger partial charge is 0.275 e. The van der Waals surface area contributed by atoms with Crippen molar-refractivity contribution in [2.24, 2.45) is 5.84 Å². The SMILES string of the molecule is Cc1ccncc1NC(=O)c1nc(NN)ccc1Cl. The van der Waals surface area contributed by atoms with Gasteiger partial charge in [-0.25, -0.2) is 10.8 Å². The molecule has 0 bridgehead atoms. The van der Waals surface area contributed by atoms with Gasteiger partial charge in [-0.05, 0) is 30.7 Å². The summed E-state index contributed by atoms with van der Waals surface area (Å²) in [4.78, 5) is 20.1. The number of anilines is 2. The average molecular weight is 278 g/mol. The minimum atomic E-state index is -0.418. The number of rotatable bonds is 3. The first kappa shape index (κ1) is 13.3. The molecule has 2 heterocycles. The number of hydrogen-bond donors (Lipinski definition) is 3. The molecule has 0 saturated heterocycles. The lowest BCUT2D eigenvalue weighted by Gasteiger charge is -2.09. The van der Waals surface area contributed by atoms with Crippen LogP contribution >= 0.6 is 11.6 Å². The summed E-state index contributed by atoms with van der Waals surface area (Å²) >= 11 is 5.95. The van der Waals surface area contributed by atoms with Gasteiger partial charge < -0.3 is 10.7 Å². The molecule has 0 aromatic carbocycles. The summed E-state index contributed by atoms with van der Waals surface area (Å²) in [5.41, 5.74) is 3.96. The van der Waals surface area contributed by atoms with Crippen molar-refractivity contribution < 1.29 is 4.79 Å². The van der Waals surface area contributed by atoms with Gasteiger partial charge in [0.2, 0.25) is 0 Å². The number of nitrogens with zero attached hydrogens (tertiary/aromatic N) is 2. The predicted octanol–water partition coefficient (Wildman–Crippen LogP) is 1.98. The Morgan fingerprint density at radius 3 is 2.84 bits per heavy atom. The Kier molecular flexibility index (Phi) is 3.94. The highest BCUT2D eigenvalue weighted by Gasteiger charge is 2.14.